The molecule has 3 aromatic heterocycles. The summed E-state index contributed by atoms with van der Waals surface area (Å²) in [5.74, 6) is 1.15. The Bertz CT molecular complexity index is 1150. The summed E-state index contributed by atoms with van der Waals surface area (Å²) in [5.41, 5.74) is 2.58. The summed E-state index contributed by atoms with van der Waals surface area (Å²) >= 11 is 0. The van der Waals surface area contributed by atoms with Gasteiger partial charge in [-0.2, -0.15) is 4.98 Å². The lowest BCUT2D eigenvalue weighted by Gasteiger charge is -2.26. The fourth-order valence-corrected chi connectivity index (χ4v) is 5.33. The average molecular weight is 477 g/mol. The van der Waals surface area contributed by atoms with Gasteiger partial charge < -0.3 is 20.1 Å². The van der Waals surface area contributed by atoms with Crippen molar-refractivity contribution in [3.63, 3.8) is 0 Å². The van der Waals surface area contributed by atoms with Crippen LogP contribution in [-0.2, 0) is 6.54 Å². The number of nitrogens with one attached hydrogen (secondary N) is 2. The van der Waals surface area contributed by atoms with Crippen LogP contribution in [-0.4, -0.2) is 69.1 Å². The van der Waals surface area contributed by atoms with Gasteiger partial charge in [0.2, 0.25) is 5.95 Å². The van der Waals surface area contributed by atoms with Gasteiger partial charge in [-0.25, -0.2) is 9.97 Å². The van der Waals surface area contributed by atoms with Gasteiger partial charge in [0.1, 0.15) is 17.2 Å². The maximum Gasteiger partial charge on any atom is 0.267 e. The molecule has 9 nitrogen and oxygen atoms in total. The van der Waals surface area contributed by atoms with E-state index in [1.807, 2.05) is 22.9 Å². The monoisotopic (exact) mass is 476 g/mol. The van der Waals surface area contributed by atoms with Gasteiger partial charge >= 0.3 is 0 Å². The molecular weight excluding hydrogens is 440 g/mol. The van der Waals surface area contributed by atoms with Crippen molar-refractivity contribution in [1.82, 2.24) is 29.7 Å². The molecule has 2 N–H and O–H groups in total. The Balaban J connectivity index is 1.31. The third-order valence-corrected chi connectivity index (χ3v) is 7.31. The van der Waals surface area contributed by atoms with Crippen LogP contribution in [0.5, 0.6) is 0 Å². The first-order valence-electron chi connectivity index (χ1n) is 13.0. The van der Waals surface area contributed by atoms with E-state index in [1.165, 1.54) is 6.42 Å². The quantitative estimate of drug-likeness (QED) is 0.559. The maximum absolute atomic E-state index is 12.7. The zero-order valence-corrected chi connectivity index (χ0v) is 20.8. The van der Waals surface area contributed by atoms with E-state index < -0.39 is 0 Å². The highest BCUT2D eigenvalue weighted by Gasteiger charge is 2.26. The highest BCUT2D eigenvalue weighted by atomic mass is 16.1. The van der Waals surface area contributed by atoms with Crippen molar-refractivity contribution in [3.8, 4) is 0 Å². The number of carbonyl (C=O) groups is 1. The molecule has 1 saturated heterocycles. The molecular formula is C26H36N8O. The lowest BCUT2D eigenvalue weighted by atomic mass is 10.2. The van der Waals surface area contributed by atoms with Gasteiger partial charge in [0.15, 0.2) is 0 Å². The van der Waals surface area contributed by atoms with Gasteiger partial charge in [0, 0.05) is 43.8 Å². The number of fused-ring (bicyclic) bond motifs is 3. The summed E-state index contributed by atoms with van der Waals surface area (Å²) in [6, 6.07) is 6.60. The number of aryl methyl sites for hydroxylation is 1. The van der Waals surface area contributed by atoms with Crippen LogP contribution in [0.4, 0.5) is 17.5 Å². The number of pyridine rings is 1. The number of hydrogen-bond donors (Lipinski definition) is 2. The second kappa shape index (κ2) is 10.6. The van der Waals surface area contributed by atoms with Crippen molar-refractivity contribution in [2.75, 3.05) is 42.9 Å². The van der Waals surface area contributed by atoms with E-state index in [0.717, 1.165) is 75.1 Å². The molecule has 1 unspecified atom stereocenters. The van der Waals surface area contributed by atoms with E-state index in [2.05, 4.69) is 50.3 Å². The van der Waals surface area contributed by atoms with Crippen LogP contribution in [0.2, 0.25) is 0 Å². The molecule has 0 spiro atoms. The summed E-state index contributed by atoms with van der Waals surface area (Å²) in [6.45, 7) is 10.3. The predicted molar refractivity (Wildman–Crippen MR) is 139 cm³/mol. The van der Waals surface area contributed by atoms with Crippen molar-refractivity contribution in [2.24, 2.45) is 0 Å². The van der Waals surface area contributed by atoms with Crippen LogP contribution in [0, 0.1) is 0 Å². The molecule has 2 aliphatic rings. The van der Waals surface area contributed by atoms with Crippen LogP contribution in [0.1, 0.15) is 56.4 Å². The molecule has 9 heteroatoms. The van der Waals surface area contributed by atoms with E-state index in [-0.39, 0.29) is 5.91 Å². The number of nitrogens with zero attached hydrogens (tertiary/aromatic N) is 6. The minimum Gasteiger partial charge on any atom is -0.369 e. The molecule has 5 rings (SSSR count). The van der Waals surface area contributed by atoms with E-state index >= 15 is 0 Å². The Hall–Kier alpha value is -3.20. The molecule has 2 aliphatic heterocycles. The Kier molecular flexibility index (Phi) is 7.13. The Morgan fingerprint density at radius 1 is 1.09 bits per heavy atom. The molecule has 0 radical (unpaired) electrons. The van der Waals surface area contributed by atoms with Crippen molar-refractivity contribution < 1.29 is 4.79 Å². The van der Waals surface area contributed by atoms with E-state index in [1.54, 1.807) is 6.20 Å². The molecule has 0 saturated carbocycles. The van der Waals surface area contributed by atoms with E-state index in [0.29, 0.717) is 30.0 Å². The summed E-state index contributed by atoms with van der Waals surface area (Å²) in [4.78, 5) is 31.5. The molecule has 1 amide bonds. The molecule has 3 aromatic rings. The number of anilines is 3. The Morgan fingerprint density at radius 2 is 1.94 bits per heavy atom. The highest BCUT2D eigenvalue weighted by molar-refractivity contribution is 5.98. The second-order valence-electron chi connectivity index (χ2n) is 9.46. The van der Waals surface area contributed by atoms with Crippen LogP contribution in [0.3, 0.4) is 0 Å². The van der Waals surface area contributed by atoms with Gasteiger partial charge in [0.05, 0.1) is 11.9 Å². The second-order valence-corrected chi connectivity index (χ2v) is 9.46. The van der Waals surface area contributed by atoms with Crippen molar-refractivity contribution >= 4 is 34.4 Å². The fourth-order valence-electron chi connectivity index (χ4n) is 5.33. The number of carbonyl (C=O) groups excluding carboxylic acids is 1. The van der Waals surface area contributed by atoms with Gasteiger partial charge in [-0.3, -0.25) is 9.69 Å². The fraction of sp³-hybridized carbons (Fsp3) is 0.538. The summed E-state index contributed by atoms with van der Waals surface area (Å²) in [6.07, 6.45) is 9.24. The Labute approximate surface area is 206 Å². The molecule has 1 atom stereocenters. The SMILES string of the molecule is CCN(CC)C1CCN(c2ccc(Nc3ncc4cc5n(c4n3)CCCCCCNC5=O)nc2)C1. The maximum atomic E-state index is 12.7. The van der Waals surface area contributed by atoms with Gasteiger partial charge in [-0.15, -0.1) is 0 Å². The standard InChI is InChI=1S/C26H36N8O/c1-3-32(4-2)21-11-14-33(18-21)20-9-10-23(28-17-20)30-26-29-16-19-15-22-25(35)27-12-7-5-6-8-13-34(22)24(19)31-26/h9-10,15-17,21H,3-8,11-14,18H2,1-2H3,(H,27,35)(H,28,29,30,31). The minimum atomic E-state index is -0.0400. The van der Waals surface area contributed by atoms with E-state index in [4.69, 9.17) is 4.98 Å². The summed E-state index contributed by atoms with van der Waals surface area (Å²) in [7, 11) is 0. The predicted octanol–water partition coefficient (Wildman–Crippen LogP) is 3.79. The zero-order chi connectivity index (χ0) is 24.2. The van der Waals surface area contributed by atoms with Crippen molar-refractivity contribution in [2.45, 2.75) is 58.5 Å². The van der Waals surface area contributed by atoms with Crippen molar-refractivity contribution in [3.05, 3.63) is 36.3 Å². The normalized spacial score (nSPS) is 19.1. The molecule has 1 fully saturated rings. The summed E-state index contributed by atoms with van der Waals surface area (Å²) in [5, 5.41) is 7.15. The first kappa shape index (κ1) is 23.5. The number of rotatable bonds is 6. The van der Waals surface area contributed by atoms with Gasteiger partial charge in [-0.05, 0) is 50.6 Å². The number of aromatic nitrogens is 4. The number of amides is 1. The van der Waals surface area contributed by atoms with Crippen LogP contribution < -0.4 is 15.5 Å². The Morgan fingerprint density at radius 3 is 2.74 bits per heavy atom. The van der Waals surface area contributed by atoms with Crippen LogP contribution in [0.15, 0.2) is 30.6 Å². The molecule has 0 aliphatic carbocycles. The number of hydrogen-bond acceptors (Lipinski definition) is 7. The first-order valence-corrected chi connectivity index (χ1v) is 13.0. The molecule has 0 aromatic carbocycles. The van der Waals surface area contributed by atoms with Gasteiger partial charge in [-0.1, -0.05) is 26.7 Å². The molecule has 0 bridgehead atoms. The lowest BCUT2D eigenvalue weighted by molar-refractivity contribution is 0.0942. The van der Waals surface area contributed by atoms with Crippen molar-refractivity contribution in [1.29, 1.82) is 0 Å². The lowest BCUT2D eigenvalue weighted by Crippen LogP contribution is -2.37. The zero-order valence-electron chi connectivity index (χ0n) is 20.8. The highest BCUT2D eigenvalue weighted by Crippen LogP contribution is 2.25. The topological polar surface area (TPSA) is 91.2 Å². The van der Waals surface area contributed by atoms with Crippen LogP contribution >= 0.6 is 0 Å². The first-order chi connectivity index (χ1) is 17.2. The van der Waals surface area contributed by atoms with E-state index in [9.17, 15) is 4.79 Å². The number of likely N-dealkylation sites (N-methyl/N-ethyl adjacent to an activating group) is 1. The third kappa shape index (κ3) is 5.10. The minimum absolute atomic E-state index is 0.0400. The molecule has 186 valence electrons. The van der Waals surface area contributed by atoms with Crippen LogP contribution in [0.25, 0.3) is 11.0 Å². The third-order valence-electron chi connectivity index (χ3n) is 7.31. The molecule has 5 heterocycles. The molecule has 35 heavy (non-hydrogen) atoms. The largest absolute Gasteiger partial charge is 0.369 e. The van der Waals surface area contributed by atoms with Gasteiger partial charge in [0.25, 0.3) is 5.91 Å². The smallest absolute Gasteiger partial charge is 0.267 e. The average Bonchev–Trinajstić information content (AvgIpc) is 3.50. The summed E-state index contributed by atoms with van der Waals surface area (Å²) < 4.78 is 2.03.